The summed E-state index contributed by atoms with van der Waals surface area (Å²) < 4.78 is 0. The normalized spacial score (nSPS) is 15.5. The summed E-state index contributed by atoms with van der Waals surface area (Å²) in [6, 6.07) is 7.81. The van der Waals surface area contributed by atoms with Gasteiger partial charge in [-0.25, -0.2) is 0 Å². The summed E-state index contributed by atoms with van der Waals surface area (Å²) in [7, 11) is 0. The zero-order valence-corrected chi connectivity index (χ0v) is 8.17. The Morgan fingerprint density at radius 3 is 2.46 bits per heavy atom. The van der Waals surface area contributed by atoms with Crippen LogP contribution in [0.25, 0.3) is 0 Å². The van der Waals surface area contributed by atoms with E-state index in [-0.39, 0.29) is 0 Å². The first-order valence-corrected chi connectivity index (χ1v) is 4.62. The number of allylic oxidation sites excluding steroid dienone is 1. The van der Waals surface area contributed by atoms with Crippen LogP contribution in [0.4, 0.5) is 0 Å². The van der Waals surface area contributed by atoms with Crippen molar-refractivity contribution in [2.24, 2.45) is 4.99 Å². The van der Waals surface area contributed by atoms with Crippen LogP contribution < -0.4 is 0 Å². The molecule has 0 aromatic heterocycles. The van der Waals surface area contributed by atoms with Crippen molar-refractivity contribution >= 4 is 17.3 Å². The first-order valence-electron chi connectivity index (χ1n) is 4.24. The molecule has 1 aliphatic rings. The van der Waals surface area contributed by atoms with Gasteiger partial charge >= 0.3 is 0 Å². The summed E-state index contributed by atoms with van der Waals surface area (Å²) in [6.45, 7) is 2.09. The molecule has 0 amide bonds. The fourth-order valence-corrected chi connectivity index (χ4v) is 1.49. The number of hydrogen-bond donors (Lipinski definition) is 0. The summed E-state index contributed by atoms with van der Waals surface area (Å²) in [5, 5.41) is 0.770. The van der Waals surface area contributed by atoms with Crippen LogP contribution in [-0.4, -0.2) is 5.71 Å². The molecular weight excluding hydrogens is 182 g/mol. The third kappa shape index (κ3) is 1.81. The van der Waals surface area contributed by atoms with E-state index in [1.54, 1.807) is 0 Å². The van der Waals surface area contributed by atoms with E-state index in [2.05, 4.69) is 11.9 Å². The Morgan fingerprint density at radius 2 is 1.92 bits per heavy atom. The smallest absolute Gasteiger partial charge is 0.0516 e. The first-order chi connectivity index (χ1) is 6.25. The minimum absolute atomic E-state index is 0.770. The van der Waals surface area contributed by atoms with Gasteiger partial charge in [0, 0.05) is 17.6 Å². The largest absolute Gasteiger partial charge is 0.260 e. The third-order valence-corrected chi connectivity index (χ3v) is 2.32. The molecular formula is C11H10ClN. The minimum Gasteiger partial charge on any atom is -0.260 e. The molecule has 0 atom stereocenters. The Kier molecular flexibility index (Phi) is 2.19. The Labute approximate surface area is 82.8 Å². The zero-order valence-electron chi connectivity index (χ0n) is 7.42. The minimum atomic E-state index is 0.770. The van der Waals surface area contributed by atoms with Crippen LogP contribution in [-0.2, 0) is 0 Å². The van der Waals surface area contributed by atoms with E-state index in [0.717, 1.165) is 22.7 Å². The highest BCUT2D eigenvalue weighted by Crippen LogP contribution is 2.18. The van der Waals surface area contributed by atoms with Gasteiger partial charge in [0.2, 0.25) is 0 Å². The molecule has 0 unspecified atom stereocenters. The highest BCUT2D eigenvalue weighted by Gasteiger charge is 2.08. The summed E-state index contributed by atoms with van der Waals surface area (Å²) in [5.74, 6) is 0. The molecule has 0 saturated carbocycles. The molecule has 0 N–H and O–H groups in total. The van der Waals surface area contributed by atoms with Crippen molar-refractivity contribution in [3.8, 4) is 0 Å². The van der Waals surface area contributed by atoms with Gasteiger partial charge in [0.1, 0.15) is 0 Å². The van der Waals surface area contributed by atoms with Crippen molar-refractivity contribution in [2.45, 2.75) is 13.3 Å². The van der Waals surface area contributed by atoms with Crippen molar-refractivity contribution < 1.29 is 0 Å². The van der Waals surface area contributed by atoms with Crippen LogP contribution in [0.5, 0.6) is 0 Å². The number of nitrogens with zero attached hydrogens (tertiary/aromatic N) is 1. The highest BCUT2D eigenvalue weighted by atomic mass is 35.5. The summed E-state index contributed by atoms with van der Waals surface area (Å²) in [5.41, 5.74) is 3.61. The van der Waals surface area contributed by atoms with E-state index in [9.17, 15) is 0 Å². The van der Waals surface area contributed by atoms with Crippen LogP contribution in [0.3, 0.4) is 0 Å². The topological polar surface area (TPSA) is 12.4 Å². The Hall–Kier alpha value is -1.08. The van der Waals surface area contributed by atoms with Crippen LogP contribution in [0.2, 0.25) is 5.02 Å². The lowest BCUT2D eigenvalue weighted by Gasteiger charge is -2.00. The van der Waals surface area contributed by atoms with E-state index in [0.29, 0.717) is 0 Å². The number of aliphatic imine (C=N–C) groups is 1. The van der Waals surface area contributed by atoms with Crippen molar-refractivity contribution in [3.63, 3.8) is 0 Å². The summed E-state index contributed by atoms with van der Waals surface area (Å²) in [4.78, 5) is 4.33. The molecule has 1 aromatic carbocycles. The lowest BCUT2D eigenvalue weighted by atomic mass is 10.1. The molecule has 0 bridgehead atoms. The molecule has 1 nitrogen and oxygen atoms in total. The first kappa shape index (κ1) is 8.52. The maximum atomic E-state index is 5.79. The van der Waals surface area contributed by atoms with Crippen molar-refractivity contribution in [1.82, 2.24) is 0 Å². The SMILES string of the molecule is CC1=CN=C(c2ccc(Cl)cc2)C1. The molecule has 1 aliphatic heterocycles. The summed E-state index contributed by atoms with van der Waals surface area (Å²) in [6.07, 6.45) is 2.88. The van der Waals surface area contributed by atoms with Crippen molar-refractivity contribution in [1.29, 1.82) is 0 Å². The van der Waals surface area contributed by atoms with Crippen LogP contribution in [0.15, 0.2) is 41.0 Å². The molecule has 66 valence electrons. The predicted octanol–water partition coefficient (Wildman–Crippen LogP) is 3.44. The van der Waals surface area contributed by atoms with Gasteiger partial charge in [-0.3, -0.25) is 4.99 Å². The second-order valence-corrected chi connectivity index (χ2v) is 3.67. The molecule has 2 heteroatoms. The average molecular weight is 192 g/mol. The van der Waals surface area contributed by atoms with Gasteiger partial charge in [-0.1, -0.05) is 23.7 Å². The van der Waals surface area contributed by atoms with Gasteiger partial charge in [0.25, 0.3) is 0 Å². The zero-order chi connectivity index (χ0) is 9.26. The number of hydrogen-bond acceptors (Lipinski definition) is 1. The van der Waals surface area contributed by atoms with E-state index >= 15 is 0 Å². The fraction of sp³-hybridized carbons (Fsp3) is 0.182. The second kappa shape index (κ2) is 3.35. The van der Waals surface area contributed by atoms with Crippen LogP contribution >= 0.6 is 11.6 Å². The molecule has 0 radical (unpaired) electrons. The molecule has 0 saturated heterocycles. The van der Waals surface area contributed by atoms with Crippen LogP contribution in [0, 0.1) is 0 Å². The fourth-order valence-electron chi connectivity index (χ4n) is 1.36. The van der Waals surface area contributed by atoms with Gasteiger partial charge in [-0.2, -0.15) is 0 Å². The molecule has 0 fully saturated rings. The van der Waals surface area contributed by atoms with Gasteiger partial charge < -0.3 is 0 Å². The van der Waals surface area contributed by atoms with Crippen molar-refractivity contribution in [3.05, 3.63) is 46.6 Å². The second-order valence-electron chi connectivity index (χ2n) is 3.23. The molecule has 1 aromatic rings. The van der Waals surface area contributed by atoms with Crippen molar-refractivity contribution in [2.75, 3.05) is 0 Å². The Balaban J connectivity index is 2.24. The lowest BCUT2D eigenvalue weighted by Crippen LogP contribution is -1.96. The number of rotatable bonds is 1. The molecule has 0 aliphatic carbocycles. The molecule has 0 spiro atoms. The van der Waals surface area contributed by atoms with Crippen LogP contribution in [0.1, 0.15) is 18.9 Å². The lowest BCUT2D eigenvalue weighted by molar-refractivity contribution is 1.30. The molecule has 1 heterocycles. The van der Waals surface area contributed by atoms with E-state index in [1.807, 2.05) is 30.5 Å². The monoisotopic (exact) mass is 191 g/mol. The standard InChI is InChI=1S/C11H10ClN/c1-8-6-11(13-7-8)9-2-4-10(12)5-3-9/h2-5,7H,6H2,1H3. The van der Waals surface area contributed by atoms with E-state index < -0.39 is 0 Å². The number of halogens is 1. The highest BCUT2D eigenvalue weighted by molar-refractivity contribution is 6.30. The van der Waals surface area contributed by atoms with Gasteiger partial charge in [0.05, 0.1) is 5.71 Å². The van der Waals surface area contributed by atoms with Gasteiger partial charge in [0.15, 0.2) is 0 Å². The van der Waals surface area contributed by atoms with Gasteiger partial charge in [-0.05, 0) is 30.2 Å². The molecule has 2 rings (SSSR count). The Morgan fingerprint density at radius 1 is 1.23 bits per heavy atom. The van der Waals surface area contributed by atoms with E-state index in [4.69, 9.17) is 11.6 Å². The quantitative estimate of drug-likeness (QED) is 0.645. The maximum Gasteiger partial charge on any atom is 0.0516 e. The predicted molar refractivity (Wildman–Crippen MR) is 56.4 cm³/mol. The number of benzene rings is 1. The molecule has 13 heavy (non-hydrogen) atoms. The Bertz CT molecular complexity index is 374. The third-order valence-electron chi connectivity index (χ3n) is 2.06. The van der Waals surface area contributed by atoms with Gasteiger partial charge in [-0.15, -0.1) is 0 Å². The average Bonchev–Trinajstić information content (AvgIpc) is 2.53. The van der Waals surface area contributed by atoms with E-state index in [1.165, 1.54) is 5.57 Å². The summed E-state index contributed by atoms with van der Waals surface area (Å²) >= 11 is 5.79. The maximum absolute atomic E-state index is 5.79.